The van der Waals surface area contributed by atoms with Crippen LogP contribution in [0.2, 0.25) is 0 Å². The van der Waals surface area contributed by atoms with E-state index in [1.165, 1.54) is 0 Å². The molecule has 0 heterocycles. The Morgan fingerprint density at radius 3 is 1.72 bits per heavy atom. The van der Waals surface area contributed by atoms with Crippen molar-refractivity contribution in [3.05, 3.63) is 0 Å². The van der Waals surface area contributed by atoms with Crippen molar-refractivity contribution in [1.29, 1.82) is 0 Å². The van der Waals surface area contributed by atoms with Gasteiger partial charge >= 0.3 is 11.9 Å². The number of aliphatic carboxylic acids is 1. The molecule has 1 unspecified atom stereocenters. The average molecular weight is 357 g/mol. The van der Waals surface area contributed by atoms with Crippen LogP contribution >= 0.6 is 0 Å². The van der Waals surface area contributed by atoms with E-state index < -0.39 is 36.2 Å². The Morgan fingerprint density at radius 1 is 0.880 bits per heavy atom. The van der Waals surface area contributed by atoms with Gasteiger partial charge in [-0.15, -0.1) is 0 Å². The maximum Gasteiger partial charge on any atom is 0.329 e. The van der Waals surface area contributed by atoms with Gasteiger partial charge in [0.05, 0.1) is 13.0 Å². The van der Waals surface area contributed by atoms with Gasteiger partial charge in [0.2, 0.25) is 11.8 Å². The number of nitrogens with zero attached hydrogens (tertiary/aromatic N) is 1. The van der Waals surface area contributed by atoms with Crippen LogP contribution in [0.1, 0.15) is 78.6 Å². The first-order valence-corrected chi connectivity index (χ1v) is 9.12. The largest absolute Gasteiger partial charge is 0.481 e. The number of amides is 2. The molecular formula is C18H31NO6. The van der Waals surface area contributed by atoms with E-state index in [0.717, 1.165) is 30.6 Å². The van der Waals surface area contributed by atoms with E-state index in [1.54, 1.807) is 6.92 Å². The van der Waals surface area contributed by atoms with Gasteiger partial charge < -0.3 is 9.84 Å². The molecule has 7 heteroatoms. The van der Waals surface area contributed by atoms with Gasteiger partial charge in [0, 0.05) is 12.8 Å². The Hall–Kier alpha value is -1.92. The molecule has 0 aliphatic carbocycles. The highest BCUT2D eigenvalue weighted by Gasteiger charge is 2.36. The number of rotatable bonds is 13. The lowest BCUT2D eigenvalue weighted by Crippen LogP contribution is -2.50. The first-order chi connectivity index (χ1) is 11.9. The smallest absolute Gasteiger partial charge is 0.329 e. The van der Waals surface area contributed by atoms with E-state index in [1.807, 2.05) is 13.8 Å². The number of esters is 1. The molecule has 0 saturated heterocycles. The van der Waals surface area contributed by atoms with Gasteiger partial charge in [-0.25, -0.2) is 4.79 Å². The van der Waals surface area contributed by atoms with Gasteiger partial charge in [0.15, 0.2) is 0 Å². The van der Waals surface area contributed by atoms with E-state index in [0.29, 0.717) is 12.8 Å². The van der Waals surface area contributed by atoms with Crippen LogP contribution in [0.25, 0.3) is 0 Å². The van der Waals surface area contributed by atoms with Crippen molar-refractivity contribution in [1.82, 2.24) is 4.90 Å². The summed E-state index contributed by atoms with van der Waals surface area (Å²) < 4.78 is 4.89. The van der Waals surface area contributed by atoms with Crippen LogP contribution in [0.3, 0.4) is 0 Å². The van der Waals surface area contributed by atoms with Crippen LogP contribution in [0.5, 0.6) is 0 Å². The topological polar surface area (TPSA) is 101 Å². The number of carboxylic acids is 1. The summed E-state index contributed by atoms with van der Waals surface area (Å²) in [5.74, 6) is -3.12. The zero-order valence-electron chi connectivity index (χ0n) is 15.6. The molecule has 7 nitrogen and oxygen atoms in total. The normalized spacial score (nSPS) is 11.6. The number of hydrogen-bond acceptors (Lipinski definition) is 5. The van der Waals surface area contributed by atoms with E-state index in [9.17, 15) is 19.2 Å². The molecule has 144 valence electrons. The summed E-state index contributed by atoms with van der Waals surface area (Å²) in [5.41, 5.74) is 0. The zero-order valence-corrected chi connectivity index (χ0v) is 15.6. The number of carbonyl (C=O) groups is 4. The molecule has 0 aromatic heterocycles. The highest BCUT2D eigenvalue weighted by molar-refractivity contribution is 6.00. The molecule has 25 heavy (non-hydrogen) atoms. The van der Waals surface area contributed by atoms with Crippen molar-refractivity contribution in [2.24, 2.45) is 0 Å². The Labute approximate surface area is 149 Å². The third-order valence-electron chi connectivity index (χ3n) is 3.76. The van der Waals surface area contributed by atoms with Gasteiger partial charge in [0.25, 0.3) is 0 Å². The summed E-state index contributed by atoms with van der Waals surface area (Å²) in [6.45, 7) is 5.62. The van der Waals surface area contributed by atoms with Gasteiger partial charge in [0.1, 0.15) is 6.04 Å². The SMILES string of the molecule is CCCCCC(=O)N(C(=O)CCCCC)C(CC(=O)O)C(=O)OCC. The number of imide groups is 1. The Balaban J connectivity index is 5.36. The first kappa shape index (κ1) is 23.1. The predicted octanol–water partition coefficient (Wildman–Crippen LogP) is 2.91. The molecular weight excluding hydrogens is 326 g/mol. The molecule has 0 saturated carbocycles. The Morgan fingerprint density at radius 2 is 1.36 bits per heavy atom. The average Bonchev–Trinajstić information content (AvgIpc) is 2.54. The molecule has 0 rings (SSSR count). The zero-order chi connectivity index (χ0) is 19.2. The van der Waals surface area contributed by atoms with Gasteiger partial charge in [-0.1, -0.05) is 39.5 Å². The van der Waals surface area contributed by atoms with E-state index in [4.69, 9.17) is 9.84 Å². The van der Waals surface area contributed by atoms with Gasteiger partial charge in [-0.3, -0.25) is 19.3 Å². The minimum Gasteiger partial charge on any atom is -0.481 e. The summed E-state index contributed by atoms with van der Waals surface area (Å²) in [6, 6.07) is -1.40. The van der Waals surface area contributed by atoms with Gasteiger partial charge in [-0.2, -0.15) is 0 Å². The van der Waals surface area contributed by atoms with Crippen molar-refractivity contribution in [3.63, 3.8) is 0 Å². The molecule has 1 N–H and O–H groups in total. The van der Waals surface area contributed by atoms with Crippen LogP contribution in [-0.2, 0) is 23.9 Å². The highest BCUT2D eigenvalue weighted by Crippen LogP contribution is 2.15. The van der Waals surface area contributed by atoms with E-state index in [-0.39, 0.29) is 19.4 Å². The molecule has 0 aliphatic rings. The van der Waals surface area contributed by atoms with Crippen molar-refractivity contribution in [3.8, 4) is 0 Å². The molecule has 0 bridgehead atoms. The summed E-state index contributed by atoms with van der Waals surface area (Å²) in [5, 5.41) is 9.08. The lowest BCUT2D eigenvalue weighted by Gasteiger charge is -2.28. The summed E-state index contributed by atoms with van der Waals surface area (Å²) in [4.78, 5) is 49.2. The van der Waals surface area contributed by atoms with Crippen LogP contribution < -0.4 is 0 Å². The lowest BCUT2D eigenvalue weighted by atomic mass is 10.1. The van der Waals surface area contributed by atoms with Crippen molar-refractivity contribution in [2.75, 3.05) is 6.61 Å². The minimum absolute atomic E-state index is 0.0524. The molecule has 0 aromatic rings. The van der Waals surface area contributed by atoms with Crippen molar-refractivity contribution in [2.45, 2.75) is 84.6 Å². The summed E-state index contributed by atoms with van der Waals surface area (Å²) >= 11 is 0. The number of carbonyl (C=O) groups excluding carboxylic acids is 3. The number of unbranched alkanes of at least 4 members (excludes halogenated alkanes) is 4. The molecule has 0 radical (unpaired) electrons. The molecule has 0 fully saturated rings. The second-order valence-electron chi connectivity index (χ2n) is 5.94. The minimum atomic E-state index is -1.40. The summed E-state index contributed by atoms with van der Waals surface area (Å²) in [6.07, 6.45) is 4.25. The summed E-state index contributed by atoms with van der Waals surface area (Å²) in [7, 11) is 0. The first-order valence-electron chi connectivity index (χ1n) is 9.12. The third-order valence-corrected chi connectivity index (χ3v) is 3.76. The molecule has 1 atom stereocenters. The number of carboxylic acid groups (broad SMARTS) is 1. The molecule has 0 spiro atoms. The van der Waals surface area contributed by atoms with Gasteiger partial charge in [-0.05, 0) is 19.8 Å². The second-order valence-corrected chi connectivity index (χ2v) is 5.94. The predicted molar refractivity (Wildman–Crippen MR) is 92.8 cm³/mol. The van der Waals surface area contributed by atoms with Crippen LogP contribution in [0.15, 0.2) is 0 Å². The Kier molecular flexibility index (Phi) is 12.4. The Bertz CT molecular complexity index is 427. The van der Waals surface area contributed by atoms with Crippen molar-refractivity contribution < 1.29 is 29.0 Å². The standard InChI is InChI=1S/C18H31NO6/c1-4-7-9-11-15(20)19(16(21)12-10-8-5-2)14(13-17(22)23)18(24)25-6-3/h14H,4-13H2,1-3H3,(H,22,23). The fraction of sp³-hybridized carbons (Fsp3) is 0.778. The van der Waals surface area contributed by atoms with Crippen LogP contribution in [0, 0.1) is 0 Å². The fourth-order valence-electron chi connectivity index (χ4n) is 2.46. The second kappa shape index (κ2) is 13.4. The monoisotopic (exact) mass is 357 g/mol. The fourth-order valence-corrected chi connectivity index (χ4v) is 2.46. The van der Waals surface area contributed by atoms with E-state index in [2.05, 4.69) is 0 Å². The van der Waals surface area contributed by atoms with Crippen LogP contribution in [0.4, 0.5) is 0 Å². The van der Waals surface area contributed by atoms with E-state index >= 15 is 0 Å². The molecule has 2 amide bonds. The highest BCUT2D eigenvalue weighted by atomic mass is 16.5. The third kappa shape index (κ3) is 9.22. The quantitative estimate of drug-likeness (QED) is 0.402. The lowest BCUT2D eigenvalue weighted by molar-refractivity contribution is -0.163. The molecule has 0 aromatic carbocycles. The van der Waals surface area contributed by atoms with Crippen molar-refractivity contribution >= 4 is 23.8 Å². The molecule has 0 aliphatic heterocycles. The number of ether oxygens (including phenoxy) is 1. The maximum absolute atomic E-state index is 12.5. The van der Waals surface area contributed by atoms with Crippen LogP contribution in [-0.4, -0.2) is 46.4 Å². The maximum atomic E-state index is 12.5. The number of hydrogen-bond donors (Lipinski definition) is 1.